The molecule has 0 N–H and O–H groups in total. The Morgan fingerprint density at radius 3 is 2.55 bits per heavy atom. The fourth-order valence-electron chi connectivity index (χ4n) is 3.51. The van der Waals surface area contributed by atoms with E-state index in [2.05, 4.69) is 0 Å². The van der Waals surface area contributed by atoms with Gasteiger partial charge >= 0.3 is 0 Å². The van der Waals surface area contributed by atoms with Crippen LogP contribution in [-0.2, 0) is 13.6 Å². The number of aromatic nitrogens is 2. The van der Waals surface area contributed by atoms with Gasteiger partial charge in [-0.3, -0.25) is 14.2 Å². The number of hydrogen-bond donors (Lipinski definition) is 0. The summed E-state index contributed by atoms with van der Waals surface area (Å²) in [6.45, 7) is 2.18. The maximum Gasteiger partial charge on any atom is 0.290 e. The Morgan fingerprint density at radius 1 is 1.10 bits per heavy atom. The molecule has 3 aromatic heterocycles. The molecule has 1 amide bonds. The van der Waals surface area contributed by atoms with E-state index < -0.39 is 6.04 Å². The maximum atomic E-state index is 13.2. The zero-order valence-electron chi connectivity index (χ0n) is 16.2. The van der Waals surface area contributed by atoms with Crippen LogP contribution in [0, 0.1) is 0 Å². The highest BCUT2D eigenvalue weighted by molar-refractivity contribution is 5.91. The van der Waals surface area contributed by atoms with E-state index >= 15 is 0 Å². The molecule has 148 valence electrons. The number of para-hydroxylation sites is 1. The SMILES string of the molecule is CCC(c1nc2ccccc2c(=O)n1C)N(Cc1ccco1)C(=O)c1ccco1. The van der Waals surface area contributed by atoms with Crippen molar-refractivity contribution in [3.63, 3.8) is 0 Å². The normalized spacial score (nSPS) is 12.2. The van der Waals surface area contributed by atoms with Crippen LogP contribution < -0.4 is 5.56 Å². The molecule has 4 rings (SSSR count). The minimum atomic E-state index is -0.444. The quantitative estimate of drug-likeness (QED) is 0.498. The van der Waals surface area contributed by atoms with Crippen molar-refractivity contribution in [2.24, 2.45) is 7.05 Å². The molecule has 7 nitrogen and oxygen atoms in total. The molecule has 0 aliphatic carbocycles. The summed E-state index contributed by atoms with van der Waals surface area (Å²) in [5.41, 5.74) is 0.458. The monoisotopic (exact) mass is 391 g/mol. The lowest BCUT2D eigenvalue weighted by atomic mass is 10.1. The number of carbonyl (C=O) groups is 1. The molecule has 0 fully saturated rings. The third-order valence-corrected chi connectivity index (χ3v) is 4.98. The fourth-order valence-corrected chi connectivity index (χ4v) is 3.51. The summed E-state index contributed by atoms with van der Waals surface area (Å²) in [6.07, 6.45) is 3.59. The molecule has 29 heavy (non-hydrogen) atoms. The van der Waals surface area contributed by atoms with Gasteiger partial charge in [0.25, 0.3) is 11.5 Å². The van der Waals surface area contributed by atoms with E-state index in [1.54, 1.807) is 48.5 Å². The number of fused-ring (bicyclic) bond motifs is 1. The molecule has 0 saturated heterocycles. The first kappa shape index (κ1) is 18.7. The molecule has 1 aromatic carbocycles. The summed E-state index contributed by atoms with van der Waals surface area (Å²) in [5, 5.41) is 0.545. The highest BCUT2D eigenvalue weighted by atomic mass is 16.3. The van der Waals surface area contributed by atoms with Crippen LogP contribution in [0.2, 0.25) is 0 Å². The maximum absolute atomic E-state index is 13.2. The second kappa shape index (κ2) is 7.79. The van der Waals surface area contributed by atoms with Gasteiger partial charge in [0, 0.05) is 7.05 Å². The Morgan fingerprint density at radius 2 is 1.86 bits per heavy atom. The Hall–Kier alpha value is -3.61. The van der Waals surface area contributed by atoms with Gasteiger partial charge in [0.15, 0.2) is 5.76 Å². The molecule has 0 bridgehead atoms. The van der Waals surface area contributed by atoms with Gasteiger partial charge in [-0.05, 0) is 42.8 Å². The first-order valence-corrected chi connectivity index (χ1v) is 9.42. The molecule has 0 spiro atoms. The van der Waals surface area contributed by atoms with Crippen molar-refractivity contribution in [2.75, 3.05) is 0 Å². The zero-order chi connectivity index (χ0) is 20.4. The summed E-state index contributed by atoms with van der Waals surface area (Å²) in [5.74, 6) is 1.08. The van der Waals surface area contributed by atoms with Gasteiger partial charge in [0.1, 0.15) is 11.6 Å². The predicted octanol–water partition coefficient (Wildman–Crippen LogP) is 3.91. The Kier molecular flexibility index (Phi) is 5.03. The van der Waals surface area contributed by atoms with Crippen LogP contribution in [0.1, 0.15) is 41.5 Å². The van der Waals surface area contributed by atoms with Crippen LogP contribution in [0.25, 0.3) is 10.9 Å². The van der Waals surface area contributed by atoms with Gasteiger partial charge in [-0.25, -0.2) is 4.98 Å². The highest BCUT2D eigenvalue weighted by Gasteiger charge is 2.30. The van der Waals surface area contributed by atoms with Gasteiger partial charge in [-0.1, -0.05) is 19.1 Å². The second-order valence-corrected chi connectivity index (χ2v) is 6.77. The van der Waals surface area contributed by atoms with Gasteiger partial charge in [0.05, 0.1) is 36.0 Å². The van der Waals surface area contributed by atoms with Gasteiger partial charge in [0.2, 0.25) is 0 Å². The number of furan rings is 2. The van der Waals surface area contributed by atoms with E-state index in [1.165, 1.54) is 10.8 Å². The third kappa shape index (κ3) is 3.47. The molecule has 7 heteroatoms. The number of hydrogen-bond acceptors (Lipinski definition) is 5. The third-order valence-electron chi connectivity index (χ3n) is 4.98. The number of amides is 1. The Labute approximate surface area is 167 Å². The lowest BCUT2D eigenvalue weighted by molar-refractivity contribution is 0.0589. The lowest BCUT2D eigenvalue weighted by Gasteiger charge is -2.30. The summed E-state index contributed by atoms with van der Waals surface area (Å²) in [7, 11) is 1.68. The number of benzene rings is 1. The van der Waals surface area contributed by atoms with Crippen molar-refractivity contribution in [1.82, 2.24) is 14.5 Å². The minimum absolute atomic E-state index is 0.146. The average Bonchev–Trinajstić information content (AvgIpc) is 3.45. The van der Waals surface area contributed by atoms with E-state index in [4.69, 9.17) is 13.8 Å². The highest BCUT2D eigenvalue weighted by Crippen LogP contribution is 2.27. The summed E-state index contributed by atoms with van der Waals surface area (Å²) >= 11 is 0. The summed E-state index contributed by atoms with van der Waals surface area (Å²) < 4.78 is 12.3. The molecule has 0 aliphatic heterocycles. The van der Waals surface area contributed by atoms with Crippen LogP contribution in [0.3, 0.4) is 0 Å². The van der Waals surface area contributed by atoms with Crippen LogP contribution in [0.5, 0.6) is 0 Å². The van der Waals surface area contributed by atoms with Crippen LogP contribution in [0.15, 0.2) is 74.7 Å². The van der Waals surface area contributed by atoms with Crippen LogP contribution >= 0.6 is 0 Å². The largest absolute Gasteiger partial charge is 0.467 e. The van der Waals surface area contributed by atoms with E-state index in [0.29, 0.717) is 28.9 Å². The topological polar surface area (TPSA) is 81.5 Å². The summed E-state index contributed by atoms with van der Waals surface area (Å²) in [6, 6.07) is 13.6. The molecule has 3 heterocycles. The number of rotatable bonds is 6. The van der Waals surface area contributed by atoms with E-state index in [0.717, 1.165) is 0 Å². The van der Waals surface area contributed by atoms with Gasteiger partial charge in [-0.2, -0.15) is 0 Å². The zero-order valence-corrected chi connectivity index (χ0v) is 16.2. The molecular formula is C22H21N3O4. The van der Waals surface area contributed by atoms with Crippen LogP contribution in [0.4, 0.5) is 0 Å². The van der Waals surface area contributed by atoms with E-state index in [9.17, 15) is 9.59 Å². The van der Waals surface area contributed by atoms with Gasteiger partial charge in [-0.15, -0.1) is 0 Å². The van der Waals surface area contributed by atoms with Gasteiger partial charge < -0.3 is 13.7 Å². The molecule has 0 aliphatic rings. The standard InChI is InChI=1S/C22H21N3O4/c1-3-18(20-23-17-10-5-4-9-16(17)21(26)24(20)2)25(14-15-8-6-12-28-15)22(27)19-11-7-13-29-19/h4-13,18H,3,14H2,1-2H3. The molecule has 0 saturated carbocycles. The molecule has 1 atom stereocenters. The Bertz CT molecular complexity index is 1180. The fraction of sp³-hybridized carbons (Fsp3) is 0.227. The second-order valence-electron chi connectivity index (χ2n) is 6.77. The van der Waals surface area contributed by atoms with Crippen molar-refractivity contribution in [2.45, 2.75) is 25.9 Å². The Balaban J connectivity index is 1.83. The first-order valence-electron chi connectivity index (χ1n) is 9.42. The lowest BCUT2D eigenvalue weighted by Crippen LogP contribution is -2.37. The minimum Gasteiger partial charge on any atom is -0.467 e. The predicted molar refractivity (Wildman–Crippen MR) is 107 cm³/mol. The van der Waals surface area contributed by atoms with Crippen molar-refractivity contribution in [1.29, 1.82) is 0 Å². The van der Waals surface area contributed by atoms with Crippen molar-refractivity contribution >= 4 is 16.8 Å². The van der Waals surface area contributed by atoms with Crippen molar-refractivity contribution in [3.8, 4) is 0 Å². The molecule has 0 radical (unpaired) electrons. The summed E-state index contributed by atoms with van der Waals surface area (Å²) in [4.78, 5) is 32.5. The average molecular weight is 391 g/mol. The van der Waals surface area contributed by atoms with Crippen LogP contribution in [-0.4, -0.2) is 20.4 Å². The van der Waals surface area contributed by atoms with Crippen molar-refractivity contribution < 1.29 is 13.6 Å². The van der Waals surface area contributed by atoms with E-state index in [-0.39, 0.29) is 23.8 Å². The number of nitrogens with zero attached hydrogens (tertiary/aromatic N) is 3. The molecule has 4 aromatic rings. The molecular weight excluding hydrogens is 370 g/mol. The molecule has 1 unspecified atom stereocenters. The van der Waals surface area contributed by atoms with Crippen molar-refractivity contribution in [3.05, 3.63) is 88.8 Å². The first-order chi connectivity index (χ1) is 14.1. The smallest absolute Gasteiger partial charge is 0.290 e. The number of carbonyl (C=O) groups excluding carboxylic acids is 1. The van der Waals surface area contributed by atoms with E-state index in [1.807, 2.05) is 25.1 Å².